The molecule has 2 unspecified atom stereocenters. The summed E-state index contributed by atoms with van der Waals surface area (Å²) in [4.78, 5) is 22.5. The lowest BCUT2D eigenvalue weighted by molar-refractivity contribution is -0.145. The second-order valence-electron chi connectivity index (χ2n) is 5.22. The molecule has 1 aliphatic carbocycles. The van der Waals surface area contributed by atoms with Gasteiger partial charge >= 0.3 is 5.97 Å². The van der Waals surface area contributed by atoms with E-state index in [2.05, 4.69) is 5.32 Å². The smallest absolute Gasteiger partial charge is 0.309 e. The first-order valence-corrected chi connectivity index (χ1v) is 6.59. The van der Waals surface area contributed by atoms with E-state index in [1.165, 1.54) is 7.11 Å². The Morgan fingerprint density at radius 2 is 1.78 bits per heavy atom. The third-order valence-electron chi connectivity index (χ3n) is 3.95. The molecule has 0 heterocycles. The summed E-state index contributed by atoms with van der Waals surface area (Å²) < 4.78 is 4.73. The third-order valence-corrected chi connectivity index (χ3v) is 3.95. The van der Waals surface area contributed by atoms with Gasteiger partial charge in [0, 0.05) is 18.0 Å². The van der Waals surface area contributed by atoms with Crippen LogP contribution in [0.3, 0.4) is 0 Å². The predicted octanol–water partition coefficient (Wildman–Crippen LogP) is 0.818. The van der Waals surface area contributed by atoms with E-state index in [0.29, 0.717) is 6.04 Å². The van der Waals surface area contributed by atoms with Crippen LogP contribution >= 0.6 is 0 Å². The van der Waals surface area contributed by atoms with E-state index in [0.717, 1.165) is 25.7 Å². The fraction of sp³-hybridized carbons (Fsp3) is 0.846. The van der Waals surface area contributed by atoms with Crippen LogP contribution in [0.25, 0.3) is 0 Å². The number of carbonyl (C=O) groups excluding carboxylic acids is 2. The van der Waals surface area contributed by atoms with Crippen LogP contribution in [0.5, 0.6) is 0 Å². The number of hydrogen-bond acceptors (Lipinski definition) is 4. The Bertz CT molecular complexity index is 299. The van der Waals surface area contributed by atoms with Crippen LogP contribution in [0, 0.1) is 11.8 Å². The molecular weight excluding hydrogens is 232 g/mol. The Labute approximate surface area is 108 Å². The zero-order valence-electron chi connectivity index (χ0n) is 11.4. The van der Waals surface area contributed by atoms with E-state index >= 15 is 0 Å². The minimum Gasteiger partial charge on any atom is -0.469 e. The van der Waals surface area contributed by atoms with Crippen LogP contribution < -0.4 is 11.1 Å². The van der Waals surface area contributed by atoms with E-state index in [4.69, 9.17) is 10.5 Å². The Morgan fingerprint density at radius 1 is 1.22 bits per heavy atom. The number of nitrogens with two attached hydrogens (primary N) is 1. The first kappa shape index (κ1) is 15.0. The number of esters is 1. The van der Waals surface area contributed by atoms with Gasteiger partial charge in [-0.1, -0.05) is 6.92 Å². The van der Waals surface area contributed by atoms with Crippen LogP contribution in [0.4, 0.5) is 0 Å². The first-order chi connectivity index (χ1) is 8.45. The third kappa shape index (κ3) is 3.98. The Kier molecular flexibility index (Phi) is 5.59. The monoisotopic (exact) mass is 256 g/mol. The summed E-state index contributed by atoms with van der Waals surface area (Å²) in [5, 5.41) is 3.44. The van der Waals surface area contributed by atoms with Crippen LogP contribution in [-0.2, 0) is 14.3 Å². The number of carbonyl (C=O) groups is 2. The van der Waals surface area contributed by atoms with Gasteiger partial charge in [-0.25, -0.2) is 0 Å². The summed E-state index contributed by atoms with van der Waals surface area (Å²) in [6, 6.07) is 0.440. The van der Waals surface area contributed by atoms with Gasteiger partial charge in [-0.05, 0) is 32.6 Å². The van der Waals surface area contributed by atoms with Gasteiger partial charge in [0.25, 0.3) is 0 Å². The van der Waals surface area contributed by atoms with Crippen molar-refractivity contribution in [3.8, 4) is 0 Å². The SMILES string of the molecule is COC(=O)C(C)C(C)NC1CCC(C(N)=O)CC1. The van der Waals surface area contributed by atoms with Gasteiger partial charge in [-0.15, -0.1) is 0 Å². The summed E-state index contributed by atoms with van der Waals surface area (Å²) >= 11 is 0. The molecule has 5 nitrogen and oxygen atoms in total. The van der Waals surface area contributed by atoms with Gasteiger partial charge in [0.1, 0.15) is 0 Å². The van der Waals surface area contributed by atoms with Crippen molar-refractivity contribution < 1.29 is 14.3 Å². The average molecular weight is 256 g/mol. The maximum atomic E-state index is 11.4. The highest BCUT2D eigenvalue weighted by Gasteiger charge is 2.28. The van der Waals surface area contributed by atoms with Gasteiger partial charge in [-0.3, -0.25) is 9.59 Å². The van der Waals surface area contributed by atoms with E-state index in [-0.39, 0.29) is 29.8 Å². The minimum atomic E-state index is -0.194. The second kappa shape index (κ2) is 6.73. The highest BCUT2D eigenvalue weighted by molar-refractivity contribution is 5.76. The number of primary amides is 1. The van der Waals surface area contributed by atoms with Crippen molar-refractivity contribution in [2.45, 2.75) is 51.6 Å². The van der Waals surface area contributed by atoms with Crippen molar-refractivity contribution in [1.82, 2.24) is 5.32 Å². The Balaban J connectivity index is 2.36. The quantitative estimate of drug-likeness (QED) is 0.713. The fourth-order valence-electron chi connectivity index (χ4n) is 2.45. The van der Waals surface area contributed by atoms with E-state index in [1.54, 1.807) is 0 Å². The number of nitrogens with one attached hydrogen (secondary N) is 1. The molecule has 0 aromatic heterocycles. The van der Waals surface area contributed by atoms with Gasteiger partial charge in [0.2, 0.25) is 5.91 Å². The van der Waals surface area contributed by atoms with Crippen molar-refractivity contribution in [1.29, 1.82) is 0 Å². The molecule has 3 N–H and O–H groups in total. The van der Waals surface area contributed by atoms with Gasteiger partial charge in [-0.2, -0.15) is 0 Å². The molecule has 0 spiro atoms. The van der Waals surface area contributed by atoms with Crippen LogP contribution in [0.1, 0.15) is 39.5 Å². The average Bonchev–Trinajstić information content (AvgIpc) is 2.37. The molecule has 1 aliphatic rings. The van der Waals surface area contributed by atoms with Crippen LogP contribution in [-0.4, -0.2) is 31.1 Å². The number of ether oxygens (including phenoxy) is 1. The number of methoxy groups -OCH3 is 1. The molecule has 1 saturated carbocycles. The highest BCUT2D eigenvalue weighted by atomic mass is 16.5. The van der Waals surface area contributed by atoms with Gasteiger partial charge in [0.05, 0.1) is 13.0 Å². The Morgan fingerprint density at radius 3 is 2.22 bits per heavy atom. The molecule has 1 amide bonds. The largest absolute Gasteiger partial charge is 0.469 e. The summed E-state index contributed by atoms with van der Waals surface area (Å²) in [6.07, 6.45) is 3.55. The number of hydrogen-bond donors (Lipinski definition) is 2. The van der Waals surface area contributed by atoms with Crippen molar-refractivity contribution in [3.63, 3.8) is 0 Å². The molecule has 1 rings (SSSR count). The maximum Gasteiger partial charge on any atom is 0.309 e. The molecule has 0 saturated heterocycles. The molecule has 0 aromatic carbocycles. The van der Waals surface area contributed by atoms with Crippen LogP contribution in [0.2, 0.25) is 0 Å². The topological polar surface area (TPSA) is 81.4 Å². The molecular formula is C13H24N2O3. The van der Waals surface area contributed by atoms with E-state index < -0.39 is 0 Å². The molecule has 0 bridgehead atoms. The highest BCUT2D eigenvalue weighted by Crippen LogP contribution is 2.24. The van der Waals surface area contributed by atoms with Crippen molar-refractivity contribution in [2.75, 3.05) is 7.11 Å². The first-order valence-electron chi connectivity index (χ1n) is 6.59. The van der Waals surface area contributed by atoms with E-state index in [9.17, 15) is 9.59 Å². The molecule has 104 valence electrons. The van der Waals surface area contributed by atoms with Crippen LogP contribution in [0.15, 0.2) is 0 Å². The van der Waals surface area contributed by atoms with Crippen molar-refractivity contribution in [2.24, 2.45) is 17.6 Å². The van der Waals surface area contributed by atoms with Gasteiger partial charge < -0.3 is 15.8 Å². The fourth-order valence-corrected chi connectivity index (χ4v) is 2.45. The Hall–Kier alpha value is -1.10. The standard InChI is InChI=1S/C13H24N2O3/c1-8(13(17)18-3)9(2)15-11-6-4-10(5-7-11)12(14)16/h8-11,15H,4-7H2,1-3H3,(H2,14,16). The normalized spacial score (nSPS) is 27.3. The van der Waals surface area contributed by atoms with Crippen molar-refractivity contribution >= 4 is 11.9 Å². The molecule has 1 fully saturated rings. The molecule has 5 heteroatoms. The zero-order valence-corrected chi connectivity index (χ0v) is 11.4. The minimum absolute atomic E-state index is 0.0244. The predicted molar refractivity (Wildman–Crippen MR) is 68.7 cm³/mol. The summed E-state index contributed by atoms with van der Waals surface area (Å²) in [5.41, 5.74) is 5.30. The second-order valence-corrected chi connectivity index (χ2v) is 5.22. The maximum absolute atomic E-state index is 11.4. The van der Waals surface area contributed by atoms with Gasteiger partial charge in [0.15, 0.2) is 0 Å². The van der Waals surface area contributed by atoms with Crippen molar-refractivity contribution in [3.05, 3.63) is 0 Å². The summed E-state index contributed by atoms with van der Waals surface area (Å²) in [6.45, 7) is 3.85. The molecule has 0 aliphatic heterocycles. The number of rotatable bonds is 5. The lowest BCUT2D eigenvalue weighted by Crippen LogP contribution is -2.45. The number of amides is 1. The molecule has 0 aromatic rings. The molecule has 18 heavy (non-hydrogen) atoms. The molecule has 2 atom stereocenters. The molecule has 0 radical (unpaired) electrons. The lowest BCUT2D eigenvalue weighted by atomic mass is 9.85. The zero-order chi connectivity index (χ0) is 13.7. The lowest BCUT2D eigenvalue weighted by Gasteiger charge is -2.31. The van der Waals surface area contributed by atoms with E-state index in [1.807, 2.05) is 13.8 Å². The summed E-state index contributed by atoms with van der Waals surface area (Å²) in [7, 11) is 1.41. The summed E-state index contributed by atoms with van der Waals surface area (Å²) in [5.74, 6) is -0.523.